The second-order valence-electron chi connectivity index (χ2n) is 7.94. The molecule has 4 aromatic rings. The lowest BCUT2D eigenvalue weighted by Gasteiger charge is -2.26. The highest BCUT2D eigenvalue weighted by Crippen LogP contribution is 2.37. The maximum atomic E-state index is 14.5. The van der Waals surface area contributed by atoms with E-state index < -0.39 is 17.7 Å². The Morgan fingerprint density at radius 3 is 2.74 bits per heavy atom. The molecule has 174 valence electrons. The van der Waals surface area contributed by atoms with Gasteiger partial charge in [-0.1, -0.05) is 0 Å². The fourth-order valence-corrected chi connectivity index (χ4v) is 4.20. The van der Waals surface area contributed by atoms with E-state index in [1.807, 2.05) is 4.90 Å². The van der Waals surface area contributed by atoms with Crippen molar-refractivity contribution in [3.63, 3.8) is 0 Å². The number of nitrogens with one attached hydrogen (secondary N) is 2. The lowest BCUT2D eigenvalue weighted by molar-refractivity contribution is 0.262. The summed E-state index contributed by atoms with van der Waals surface area (Å²) in [5, 5.41) is 9.75. The van der Waals surface area contributed by atoms with Crippen LogP contribution in [0, 0.1) is 11.6 Å². The molecule has 5 rings (SSSR count). The van der Waals surface area contributed by atoms with Crippen LogP contribution in [0.1, 0.15) is 24.4 Å². The summed E-state index contributed by atoms with van der Waals surface area (Å²) in [6.45, 7) is 0.651. The Morgan fingerprint density at radius 1 is 1.12 bits per heavy atom. The van der Waals surface area contributed by atoms with Crippen molar-refractivity contribution in [2.75, 3.05) is 29.2 Å². The Morgan fingerprint density at radius 2 is 1.94 bits per heavy atom. The van der Waals surface area contributed by atoms with E-state index in [-0.39, 0.29) is 6.04 Å². The van der Waals surface area contributed by atoms with Gasteiger partial charge in [-0.25, -0.2) is 23.1 Å². The number of ether oxygens (including phenoxy) is 1. The number of fused-ring (bicyclic) bond motifs is 1. The number of methoxy groups -OCH3 is 1. The Hall–Kier alpha value is -4.21. The van der Waals surface area contributed by atoms with Crippen LogP contribution in [0.2, 0.25) is 0 Å². The number of hydrogen-bond donors (Lipinski definition) is 2. The number of carbonyl (C=O) groups excluding carboxylic acids is 1. The van der Waals surface area contributed by atoms with E-state index in [1.165, 1.54) is 12.3 Å². The number of nitrogens with zero attached hydrogens (tertiary/aromatic N) is 4. The minimum Gasteiger partial charge on any atom is -0.497 e. The van der Waals surface area contributed by atoms with Gasteiger partial charge in [0.25, 0.3) is 0 Å². The van der Waals surface area contributed by atoms with E-state index in [9.17, 15) is 13.6 Å². The van der Waals surface area contributed by atoms with E-state index in [0.29, 0.717) is 47.1 Å². The van der Waals surface area contributed by atoms with Crippen LogP contribution in [0.5, 0.6) is 5.75 Å². The summed E-state index contributed by atoms with van der Waals surface area (Å²) in [5.41, 5.74) is 1.76. The predicted molar refractivity (Wildman–Crippen MR) is 124 cm³/mol. The van der Waals surface area contributed by atoms with Crippen LogP contribution in [0.25, 0.3) is 5.65 Å². The third kappa shape index (κ3) is 4.21. The molecule has 10 heteroatoms. The molecule has 34 heavy (non-hydrogen) atoms. The first-order chi connectivity index (χ1) is 16.5. The third-order valence-electron chi connectivity index (χ3n) is 5.81. The fourth-order valence-electron chi connectivity index (χ4n) is 4.20. The average molecular weight is 464 g/mol. The molecule has 1 fully saturated rings. The molecule has 0 spiro atoms. The summed E-state index contributed by atoms with van der Waals surface area (Å²) in [6, 6.07) is 11.4. The van der Waals surface area contributed by atoms with Gasteiger partial charge in [0.2, 0.25) is 0 Å². The number of benzene rings is 2. The van der Waals surface area contributed by atoms with Crippen LogP contribution < -0.4 is 20.3 Å². The molecule has 0 bridgehead atoms. The zero-order valence-corrected chi connectivity index (χ0v) is 18.3. The first-order valence-corrected chi connectivity index (χ1v) is 10.8. The summed E-state index contributed by atoms with van der Waals surface area (Å²) >= 11 is 0. The summed E-state index contributed by atoms with van der Waals surface area (Å²) < 4.78 is 34.9. The summed E-state index contributed by atoms with van der Waals surface area (Å²) in [6.07, 6.45) is 4.74. The monoisotopic (exact) mass is 464 g/mol. The average Bonchev–Trinajstić information content (AvgIpc) is 3.48. The molecule has 1 aliphatic rings. The minimum absolute atomic E-state index is 0.310. The van der Waals surface area contributed by atoms with Crippen LogP contribution >= 0.6 is 0 Å². The topological polar surface area (TPSA) is 83.8 Å². The largest absolute Gasteiger partial charge is 0.497 e. The highest BCUT2D eigenvalue weighted by molar-refractivity contribution is 6.01. The van der Waals surface area contributed by atoms with Crippen molar-refractivity contribution >= 4 is 28.9 Å². The van der Waals surface area contributed by atoms with Gasteiger partial charge < -0.3 is 20.3 Å². The zero-order chi connectivity index (χ0) is 23.7. The Kier molecular flexibility index (Phi) is 5.70. The van der Waals surface area contributed by atoms with E-state index in [4.69, 9.17) is 4.74 Å². The summed E-state index contributed by atoms with van der Waals surface area (Å²) in [5.74, 6) is 0.361. The van der Waals surface area contributed by atoms with Crippen molar-refractivity contribution in [2.45, 2.75) is 18.9 Å². The number of anilines is 3. The predicted octanol–water partition coefficient (Wildman–Crippen LogP) is 5.00. The third-order valence-corrected chi connectivity index (χ3v) is 5.81. The van der Waals surface area contributed by atoms with Crippen molar-refractivity contribution in [1.29, 1.82) is 0 Å². The van der Waals surface area contributed by atoms with Crippen molar-refractivity contribution in [2.24, 2.45) is 0 Å². The van der Waals surface area contributed by atoms with E-state index in [0.717, 1.165) is 18.6 Å². The molecule has 2 N–H and O–H groups in total. The van der Waals surface area contributed by atoms with Crippen LogP contribution in [-0.2, 0) is 0 Å². The maximum absolute atomic E-state index is 14.5. The van der Waals surface area contributed by atoms with E-state index in [2.05, 4.69) is 20.7 Å². The molecule has 1 aliphatic heterocycles. The van der Waals surface area contributed by atoms with Crippen molar-refractivity contribution in [1.82, 2.24) is 14.6 Å². The molecular weight excluding hydrogens is 442 g/mol. The first-order valence-electron chi connectivity index (χ1n) is 10.8. The van der Waals surface area contributed by atoms with Crippen LogP contribution in [0.3, 0.4) is 0 Å². The minimum atomic E-state index is -0.475. The number of urea groups is 1. The van der Waals surface area contributed by atoms with Gasteiger partial charge in [-0.3, -0.25) is 0 Å². The molecule has 2 aromatic heterocycles. The SMILES string of the molecule is COc1ccc(NC(=O)Nc2cnn3ccc(N4CCCC4c4cc(F)ccc4F)nc23)cc1. The van der Waals surface area contributed by atoms with Crippen molar-refractivity contribution in [3.05, 3.63) is 78.1 Å². The standard InChI is InChI=1S/C24H22F2N6O2/c1-34-17-7-5-16(6-8-17)28-24(33)29-20-14-27-32-12-10-22(30-23(20)32)31-11-2-3-21(31)18-13-15(25)4-9-19(18)26/h4-10,12-14,21H,2-3,11H2,1H3,(H2,28,29,33). The first kappa shape index (κ1) is 21.6. The number of rotatable bonds is 5. The van der Waals surface area contributed by atoms with Gasteiger partial charge >= 0.3 is 6.03 Å². The second kappa shape index (κ2) is 8.97. The second-order valence-corrected chi connectivity index (χ2v) is 7.94. The number of carbonyl (C=O) groups is 1. The Labute approximate surface area is 194 Å². The lowest BCUT2D eigenvalue weighted by Crippen LogP contribution is -2.25. The molecule has 1 unspecified atom stereocenters. The molecule has 2 aromatic carbocycles. The van der Waals surface area contributed by atoms with Gasteiger partial charge in [-0.05, 0) is 61.4 Å². The van der Waals surface area contributed by atoms with Gasteiger partial charge in [0.1, 0.15) is 28.9 Å². The molecule has 2 amide bonds. The number of aromatic nitrogens is 3. The van der Waals surface area contributed by atoms with E-state index in [1.54, 1.807) is 48.2 Å². The number of hydrogen-bond acceptors (Lipinski definition) is 5. The highest BCUT2D eigenvalue weighted by atomic mass is 19.1. The molecule has 0 radical (unpaired) electrons. The quantitative estimate of drug-likeness (QED) is 0.434. The molecule has 8 nitrogen and oxygen atoms in total. The lowest BCUT2D eigenvalue weighted by atomic mass is 10.0. The summed E-state index contributed by atoms with van der Waals surface area (Å²) in [4.78, 5) is 19.1. The van der Waals surface area contributed by atoms with Crippen LogP contribution in [0.4, 0.5) is 30.8 Å². The highest BCUT2D eigenvalue weighted by Gasteiger charge is 2.30. The van der Waals surface area contributed by atoms with Gasteiger partial charge in [-0.15, -0.1) is 0 Å². The zero-order valence-electron chi connectivity index (χ0n) is 18.3. The molecular formula is C24H22F2N6O2. The summed E-state index contributed by atoms with van der Waals surface area (Å²) in [7, 11) is 1.57. The van der Waals surface area contributed by atoms with Crippen molar-refractivity contribution in [3.8, 4) is 5.75 Å². The Bertz CT molecular complexity index is 1340. The van der Waals surface area contributed by atoms with Crippen molar-refractivity contribution < 1.29 is 18.3 Å². The molecule has 3 heterocycles. The van der Waals surface area contributed by atoms with Gasteiger partial charge in [0.15, 0.2) is 5.65 Å². The normalized spacial score (nSPS) is 15.5. The molecule has 0 saturated carbocycles. The fraction of sp³-hybridized carbons (Fsp3) is 0.208. The van der Waals surface area contributed by atoms with E-state index >= 15 is 0 Å². The maximum Gasteiger partial charge on any atom is 0.323 e. The van der Waals surface area contributed by atoms with Gasteiger partial charge in [-0.2, -0.15) is 5.10 Å². The molecule has 0 aliphatic carbocycles. The number of amides is 2. The Balaban J connectivity index is 1.38. The van der Waals surface area contributed by atoms with Crippen LogP contribution in [0.15, 0.2) is 60.9 Å². The molecule has 1 saturated heterocycles. The van der Waals surface area contributed by atoms with Crippen LogP contribution in [-0.4, -0.2) is 34.3 Å². The smallest absolute Gasteiger partial charge is 0.323 e. The number of halogens is 2. The van der Waals surface area contributed by atoms with Gasteiger partial charge in [0.05, 0.1) is 19.3 Å². The molecule has 1 atom stereocenters. The van der Waals surface area contributed by atoms with Gasteiger partial charge in [0, 0.05) is 24.0 Å².